The highest BCUT2D eigenvalue weighted by atomic mass is 19.1. The van der Waals surface area contributed by atoms with Crippen molar-refractivity contribution in [1.29, 1.82) is 5.26 Å². The third kappa shape index (κ3) is 1.68. The molecule has 11 heavy (non-hydrogen) atoms. The van der Waals surface area contributed by atoms with Gasteiger partial charge in [0.25, 0.3) is 6.26 Å². The number of benzene rings is 1. The Balaban J connectivity index is 3.01. The number of halogens is 1. The molecule has 0 aromatic heterocycles. The van der Waals surface area contributed by atoms with Gasteiger partial charge in [-0.2, -0.15) is 0 Å². The number of hydrogen-bond acceptors (Lipinski definition) is 2. The van der Waals surface area contributed by atoms with E-state index >= 15 is 0 Å². The maximum atomic E-state index is 12.8. The molecule has 0 aliphatic heterocycles. The highest BCUT2D eigenvalue weighted by Gasteiger charge is 2.01. The van der Waals surface area contributed by atoms with E-state index in [2.05, 4.69) is 4.74 Å². The quantitative estimate of drug-likeness (QED) is 0.575. The number of rotatable bonds is 1. The summed E-state index contributed by atoms with van der Waals surface area (Å²) in [5.74, 6) is -0.537. The zero-order chi connectivity index (χ0) is 8.27. The van der Waals surface area contributed by atoms with Gasteiger partial charge >= 0.3 is 0 Å². The molecule has 2 nitrogen and oxygen atoms in total. The molecule has 0 aliphatic rings. The monoisotopic (exact) mass is 151 g/mol. The normalized spacial score (nSPS) is 8.82. The van der Waals surface area contributed by atoms with Crippen LogP contribution in [0, 0.1) is 24.3 Å². The smallest absolute Gasteiger partial charge is 0.292 e. The van der Waals surface area contributed by atoms with E-state index in [1.165, 1.54) is 18.4 Å². The van der Waals surface area contributed by atoms with Gasteiger partial charge in [0.15, 0.2) is 11.6 Å². The van der Waals surface area contributed by atoms with Gasteiger partial charge in [-0.15, -0.1) is 5.26 Å². The molecule has 0 unspecified atom stereocenters. The van der Waals surface area contributed by atoms with Crippen molar-refractivity contribution in [3.05, 3.63) is 29.6 Å². The van der Waals surface area contributed by atoms with Crippen LogP contribution in [0.25, 0.3) is 0 Å². The molecule has 0 bridgehead atoms. The Kier molecular flexibility index (Phi) is 2.07. The van der Waals surface area contributed by atoms with Gasteiger partial charge in [-0.05, 0) is 24.6 Å². The molecule has 0 heterocycles. The molecular formula is C8H6FNO. The maximum absolute atomic E-state index is 12.8. The Labute approximate surface area is 63.8 Å². The molecule has 1 rings (SSSR count). The fourth-order valence-corrected chi connectivity index (χ4v) is 0.738. The lowest BCUT2D eigenvalue weighted by atomic mass is 10.2. The third-order valence-corrected chi connectivity index (χ3v) is 1.24. The van der Waals surface area contributed by atoms with Crippen LogP contribution in [0.3, 0.4) is 0 Å². The predicted octanol–water partition coefficient (Wildman–Crippen LogP) is 1.99. The number of ether oxygens (including phenoxy) is 1. The fourth-order valence-electron chi connectivity index (χ4n) is 0.738. The Morgan fingerprint density at radius 3 is 2.82 bits per heavy atom. The first-order valence-electron chi connectivity index (χ1n) is 3.06. The second kappa shape index (κ2) is 3.02. The molecule has 0 saturated heterocycles. The molecule has 0 amide bonds. The van der Waals surface area contributed by atoms with E-state index in [4.69, 9.17) is 5.26 Å². The van der Waals surface area contributed by atoms with Crippen molar-refractivity contribution in [1.82, 2.24) is 0 Å². The number of nitrogens with zero attached hydrogens (tertiary/aromatic N) is 1. The van der Waals surface area contributed by atoms with Crippen LogP contribution >= 0.6 is 0 Å². The van der Waals surface area contributed by atoms with Crippen LogP contribution in [-0.2, 0) is 0 Å². The van der Waals surface area contributed by atoms with Gasteiger partial charge < -0.3 is 4.74 Å². The molecule has 0 N–H and O–H groups in total. The lowest BCUT2D eigenvalue weighted by molar-refractivity contribution is 0.460. The molecular weight excluding hydrogens is 145 g/mol. The van der Waals surface area contributed by atoms with Gasteiger partial charge in [-0.1, -0.05) is 6.07 Å². The molecule has 1 aromatic rings. The van der Waals surface area contributed by atoms with Crippen molar-refractivity contribution in [2.75, 3.05) is 0 Å². The molecule has 0 spiro atoms. The van der Waals surface area contributed by atoms with E-state index in [1.807, 2.05) is 0 Å². The highest BCUT2D eigenvalue weighted by molar-refractivity contribution is 5.29. The summed E-state index contributed by atoms with van der Waals surface area (Å²) in [6.45, 7) is 1.76. The number of aryl methyl sites for hydroxylation is 1. The predicted molar refractivity (Wildman–Crippen MR) is 37.4 cm³/mol. The number of nitriles is 1. The summed E-state index contributed by atoms with van der Waals surface area (Å²) < 4.78 is 17.1. The zero-order valence-electron chi connectivity index (χ0n) is 5.97. The fraction of sp³-hybridized carbons (Fsp3) is 0.125. The lowest BCUT2D eigenvalue weighted by Crippen LogP contribution is -1.87. The molecule has 0 radical (unpaired) electrons. The largest absolute Gasteiger partial charge is 0.385 e. The summed E-state index contributed by atoms with van der Waals surface area (Å²) in [6, 6.07) is 4.41. The second-order valence-corrected chi connectivity index (χ2v) is 2.13. The maximum Gasteiger partial charge on any atom is 0.292 e. The average Bonchev–Trinajstić information content (AvgIpc) is 1.95. The summed E-state index contributed by atoms with van der Waals surface area (Å²) in [7, 11) is 0. The molecule has 0 saturated carbocycles. The topological polar surface area (TPSA) is 33.0 Å². The summed E-state index contributed by atoms with van der Waals surface area (Å²) >= 11 is 0. The van der Waals surface area contributed by atoms with Gasteiger partial charge in [-0.3, -0.25) is 0 Å². The van der Waals surface area contributed by atoms with Gasteiger partial charge in [0.2, 0.25) is 0 Å². The van der Waals surface area contributed by atoms with Crippen LogP contribution in [0.15, 0.2) is 18.2 Å². The summed E-state index contributed by atoms with van der Waals surface area (Å²) in [5.41, 5.74) is 0.799. The second-order valence-electron chi connectivity index (χ2n) is 2.13. The molecule has 56 valence electrons. The van der Waals surface area contributed by atoms with Crippen LogP contribution in [0.5, 0.6) is 5.75 Å². The van der Waals surface area contributed by atoms with Gasteiger partial charge in [0, 0.05) is 0 Å². The van der Waals surface area contributed by atoms with Gasteiger partial charge in [0.05, 0.1) is 0 Å². The highest BCUT2D eigenvalue weighted by Crippen LogP contribution is 2.16. The van der Waals surface area contributed by atoms with Crippen molar-refractivity contribution in [2.45, 2.75) is 6.92 Å². The summed E-state index contributed by atoms with van der Waals surface area (Å²) in [5, 5.41) is 8.07. The molecule has 0 fully saturated rings. The Morgan fingerprint density at radius 1 is 1.55 bits per heavy atom. The lowest BCUT2D eigenvalue weighted by Gasteiger charge is -1.97. The van der Waals surface area contributed by atoms with E-state index in [9.17, 15) is 4.39 Å². The van der Waals surface area contributed by atoms with Crippen LogP contribution in [0.4, 0.5) is 4.39 Å². The van der Waals surface area contributed by atoms with Crippen molar-refractivity contribution in [3.63, 3.8) is 0 Å². The minimum atomic E-state index is -0.508. The molecule has 0 aliphatic carbocycles. The van der Waals surface area contributed by atoms with Gasteiger partial charge in [0.1, 0.15) is 0 Å². The van der Waals surface area contributed by atoms with E-state index < -0.39 is 5.82 Å². The van der Waals surface area contributed by atoms with Crippen LogP contribution in [0.2, 0.25) is 0 Å². The minimum Gasteiger partial charge on any atom is -0.385 e. The van der Waals surface area contributed by atoms with Gasteiger partial charge in [-0.25, -0.2) is 4.39 Å². The minimum absolute atomic E-state index is 0.0295. The molecule has 3 heteroatoms. The Hall–Kier alpha value is -1.56. The number of hydrogen-bond donors (Lipinski definition) is 0. The van der Waals surface area contributed by atoms with E-state index in [0.29, 0.717) is 0 Å². The summed E-state index contributed by atoms with van der Waals surface area (Å²) in [4.78, 5) is 0. The summed E-state index contributed by atoms with van der Waals surface area (Å²) in [6.07, 6.45) is 1.40. The van der Waals surface area contributed by atoms with E-state index in [0.717, 1.165) is 5.56 Å². The average molecular weight is 151 g/mol. The first-order valence-corrected chi connectivity index (χ1v) is 3.06. The first-order chi connectivity index (χ1) is 5.24. The SMILES string of the molecule is Cc1ccc(OC#N)c(F)c1. The molecule has 1 aromatic carbocycles. The first kappa shape index (κ1) is 7.55. The van der Waals surface area contributed by atoms with E-state index in [-0.39, 0.29) is 5.75 Å². The Bertz CT molecular complexity index is 303. The zero-order valence-corrected chi connectivity index (χ0v) is 5.97. The molecule has 0 atom stereocenters. The third-order valence-electron chi connectivity index (χ3n) is 1.24. The van der Waals surface area contributed by atoms with Crippen molar-refractivity contribution >= 4 is 0 Å². The standard InChI is InChI=1S/C8H6FNO/c1-6-2-3-8(11-5-10)7(9)4-6/h2-4H,1H3. The Morgan fingerprint density at radius 2 is 2.27 bits per heavy atom. The van der Waals surface area contributed by atoms with Crippen molar-refractivity contribution in [3.8, 4) is 12.0 Å². The van der Waals surface area contributed by atoms with Crippen molar-refractivity contribution < 1.29 is 9.13 Å². The van der Waals surface area contributed by atoms with Crippen LogP contribution in [0.1, 0.15) is 5.56 Å². The van der Waals surface area contributed by atoms with E-state index in [1.54, 1.807) is 13.0 Å². The van der Waals surface area contributed by atoms with Crippen LogP contribution in [-0.4, -0.2) is 0 Å². The van der Waals surface area contributed by atoms with Crippen LogP contribution < -0.4 is 4.74 Å². The van der Waals surface area contributed by atoms with Crippen molar-refractivity contribution in [2.24, 2.45) is 0 Å².